The molecule has 4 heteroatoms. The van der Waals surface area contributed by atoms with Gasteiger partial charge >= 0.3 is 0 Å². The molecule has 11 heavy (non-hydrogen) atoms. The molecule has 0 amide bonds. The number of nitrogens with one attached hydrogen (secondary N) is 1. The predicted molar refractivity (Wildman–Crippen MR) is 50.9 cm³/mol. The second-order valence-electron chi connectivity index (χ2n) is 1.79. The highest BCUT2D eigenvalue weighted by Crippen LogP contribution is 2.05. The molecular weight excluding hydrogens is 158 g/mol. The van der Waals surface area contributed by atoms with Crippen LogP contribution in [0.3, 0.4) is 0 Å². The van der Waals surface area contributed by atoms with E-state index in [0.29, 0.717) is 0 Å². The lowest BCUT2D eigenvalue weighted by atomic mass is 10.5. The van der Waals surface area contributed by atoms with Crippen LogP contribution >= 0.6 is 11.8 Å². The monoisotopic (exact) mass is 167 g/mol. The molecule has 0 aromatic carbocycles. The first-order valence-corrected chi connectivity index (χ1v) is 4.18. The number of rotatable bonds is 2. The number of allylic oxidation sites excluding steroid dienone is 1. The first-order chi connectivity index (χ1) is 5.43. The summed E-state index contributed by atoms with van der Waals surface area (Å²) in [5.74, 6) is 0.866. The molecule has 0 saturated carbocycles. The Morgan fingerprint density at radius 2 is 2.64 bits per heavy atom. The van der Waals surface area contributed by atoms with Gasteiger partial charge in [-0.1, -0.05) is 6.08 Å². The average molecular weight is 167 g/mol. The molecule has 1 N–H and O–H groups in total. The molecule has 0 unspecified atom stereocenters. The summed E-state index contributed by atoms with van der Waals surface area (Å²) in [5.41, 5.74) is 2.55. The normalized spacial score (nSPS) is 15.1. The van der Waals surface area contributed by atoms with Crippen molar-refractivity contribution < 1.29 is 0 Å². The van der Waals surface area contributed by atoms with E-state index in [1.54, 1.807) is 18.0 Å². The summed E-state index contributed by atoms with van der Waals surface area (Å²) in [6, 6.07) is 0. The first kappa shape index (κ1) is 8.07. The molecule has 0 spiro atoms. The van der Waals surface area contributed by atoms with Crippen LogP contribution in [0.2, 0.25) is 0 Å². The molecule has 1 rings (SSSR count). The summed E-state index contributed by atoms with van der Waals surface area (Å²) < 4.78 is 0. The molecular formula is C7H9N3S. The average Bonchev–Trinajstić information content (AvgIpc) is 2.28. The minimum Gasteiger partial charge on any atom is -0.197 e. The number of hydrogen-bond donors (Lipinski definition) is 1. The van der Waals surface area contributed by atoms with Gasteiger partial charge in [-0.25, -0.2) is 0 Å². The lowest BCUT2D eigenvalue weighted by molar-refractivity contribution is 0.820. The lowest BCUT2D eigenvalue weighted by Crippen LogP contribution is -1.97. The van der Waals surface area contributed by atoms with Gasteiger partial charge in [0.25, 0.3) is 0 Å². The third-order valence-electron chi connectivity index (χ3n) is 0.966. The van der Waals surface area contributed by atoms with Crippen molar-refractivity contribution in [3.8, 4) is 0 Å². The second-order valence-corrected chi connectivity index (χ2v) is 2.83. The van der Waals surface area contributed by atoms with Crippen molar-refractivity contribution in [3.63, 3.8) is 0 Å². The van der Waals surface area contributed by atoms with Gasteiger partial charge in [-0.05, 0) is 12.2 Å². The molecule has 0 bridgehead atoms. The Morgan fingerprint density at radius 1 is 1.73 bits per heavy atom. The summed E-state index contributed by atoms with van der Waals surface area (Å²) in [7, 11) is 0. The molecule has 1 aliphatic heterocycles. The third kappa shape index (κ3) is 3.04. The van der Waals surface area contributed by atoms with E-state index < -0.39 is 0 Å². The van der Waals surface area contributed by atoms with Gasteiger partial charge in [0.1, 0.15) is 5.04 Å². The molecule has 0 aromatic rings. The molecule has 0 saturated heterocycles. The predicted octanol–water partition coefficient (Wildman–Crippen LogP) is 1.36. The van der Waals surface area contributed by atoms with Gasteiger partial charge in [-0.3, -0.25) is 0 Å². The summed E-state index contributed by atoms with van der Waals surface area (Å²) in [4.78, 5) is 0. The molecule has 0 aliphatic carbocycles. The van der Waals surface area contributed by atoms with Crippen molar-refractivity contribution in [2.75, 3.05) is 5.75 Å². The fourth-order valence-corrected chi connectivity index (χ4v) is 1.11. The van der Waals surface area contributed by atoms with Crippen molar-refractivity contribution in [3.05, 3.63) is 24.8 Å². The molecule has 0 radical (unpaired) electrons. The minimum atomic E-state index is 0.866. The van der Waals surface area contributed by atoms with Gasteiger partial charge in [-0.2, -0.15) is 15.7 Å². The van der Waals surface area contributed by atoms with Crippen LogP contribution in [-0.4, -0.2) is 17.0 Å². The Hall–Kier alpha value is -1.03. The Bertz CT molecular complexity index is 218. The topological polar surface area (TPSA) is 36.8 Å². The Kier molecular flexibility index (Phi) is 3.47. The van der Waals surface area contributed by atoms with Crippen LogP contribution in [0, 0.1) is 0 Å². The maximum absolute atomic E-state index is 3.96. The summed E-state index contributed by atoms with van der Waals surface area (Å²) in [6.07, 6.45) is 7.24. The molecule has 0 fully saturated rings. The highest BCUT2D eigenvalue weighted by molar-refractivity contribution is 8.14. The van der Waals surface area contributed by atoms with E-state index in [2.05, 4.69) is 22.3 Å². The highest BCUT2D eigenvalue weighted by atomic mass is 32.2. The van der Waals surface area contributed by atoms with Crippen molar-refractivity contribution in [1.29, 1.82) is 0 Å². The van der Waals surface area contributed by atoms with E-state index >= 15 is 0 Å². The number of thioether (sulfide) groups is 1. The fourth-order valence-electron chi connectivity index (χ4n) is 0.542. The molecule has 0 atom stereocenters. The van der Waals surface area contributed by atoms with Gasteiger partial charge in [0.15, 0.2) is 0 Å². The van der Waals surface area contributed by atoms with Crippen LogP contribution in [-0.2, 0) is 0 Å². The zero-order valence-corrected chi connectivity index (χ0v) is 6.84. The van der Waals surface area contributed by atoms with Crippen LogP contribution in [0.4, 0.5) is 0 Å². The number of hydrazone groups is 2. The second kappa shape index (κ2) is 4.73. The van der Waals surface area contributed by atoms with Crippen molar-refractivity contribution in [2.45, 2.75) is 0 Å². The summed E-state index contributed by atoms with van der Waals surface area (Å²) in [6.45, 7) is 3.62. The van der Waals surface area contributed by atoms with Crippen molar-refractivity contribution in [2.24, 2.45) is 10.2 Å². The third-order valence-corrected chi connectivity index (χ3v) is 1.89. The van der Waals surface area contributed by atoms with Gasteiger partial charge in [-0.15, -0.1) is 18.3 Å². The summed E-state index contributed by atoms with van der Waals surface area (Å²) >= 11 is 1.61. The Balaban J connectivity index is 2.44. The minimum absolute atomic E-state index is 0.866. The standard InChI is InChI=1S/C7H9N3S/c1-2-6-11-7-4-3-5-8-10-9-7/h2-5,10H,1,6H2. The van der Waals surface area contributed by atoms with Crippen LogP contribution in [0.5, 0.6) is 0 Å². The zero-order chi connectivity index (χ0) is 7.94. The van der Waals surface area contributed by atoms with E-state index in [-0.39, 0.29) is 0 Å². The van der Waals surface area contributed by atoms with Crippen LogP contribution in [0.15, 0.2) is 35.0 Å². The van der Waals surface area contributed by atoms with Crippen LogP contribution in [0.1, 0.15) is 0 Å². The SMILES string of the molecule is C=CCSC1=NNN=CC=C1. The van der Waals surface area contributed by atoms with E-state index in [0.717, 1.165) is 10.8 Å². The summed E-state index contributed by atoms with van der Waals surface area (Å²) in [5, 5.41) is 8.62. The zero-order valence-electron chi connectivity index (χ0n) is 6.03. The lowest BCUT2D eigenvalue weighted by Gasteiger charge is -1.94. The maximum atomic E-state index is 3.96. The van der Waals surface area contributed by atoms with Crippen LogP contribution < -0.4 is 5.53 Å². The van der Waals surface area contributed by atoms with E-state index in [9.17, 15) is 0 Å². The molecule has 58 valence electrons. The highest BCUT2D eigenvalue weighted by Gasteiger charge is 1.93. The van der Waals surface area contributed by atoms with E-state index in [1.165, 1.54) is 0 Å². The molecule has 0 aromatic heterocycles. The van der Waals surface area contributed by atoms with Gasteiger partial charge in [0.05, 0.1) is 0 Å². The Morgan fingerprint density at radius 3 is 3.45 bits per heavy atom. The Labute approximate surface area is 69.9 Å². The smallest absolute Gasteiger partial charge is 0.118 e. The van der Waals surface area contributed by atoms with Crippen LogP contribution in [0.25, 0.3) is 0 Å². The quantitative estimate of drug-likeness (QED) is 0.630. The molecule has 1 aliphatic rings. The van der Waals surface area contributed by atoms with Gasteiger partial charge in [0.2, 0.25) is 0 Å². The van der Waals surface area contributed by atoms with E-state index in [1.807, 2.05) is 18.2 Å². The first-order valence-electron chi connectivity index (χ1n) is 3.19. The number of nitrogens with zero attached hydrogens (tertiary/aromatic N) is 2. The van der Waals surface area contributed by atoms with Crippen molar-refractivity contribution >= 4 is 23.0 Å². The van der Waals surface area contributed by atoms with Gasteiger partial charge in [0, 0.05) is 12.0 Å². The maximum Gasteiger partial charge on any atom is 0.118 e. The van der Waals surface area contributed by atoms with Crippen molar-refractivity contribution in [1.82, 2.24) is 5.53 Å². The number of hydrogen-bond acceptors (Lipinski definition) is 4. The van der Waals surface area contributed by atoms with E-state index in [4.69, 9.17) is 0 Å². The largest absolute Gasteiger partial charge is 0.197 e. The fraction of sp³-hybridized carbons (Fsp3) is 0.143. The van der Waals surface area contributed by atoms with Gasteiger partial charge < -0.3 is 0 Å². The molecule has 3 nitrogen and oxygen atoms in total. The molecule has 1 heterocycles.